The van der Waals surface area contributed by atoms with E-state index in [0.717, 1.165) is 90.3 Å². The maximum absolute atomic E-state index is 12.2. The molecule has 0 aromatic heterocycles. The summed E-state index contributed by atoms with van der Waals surface area (Å²) in [7, 11) is 0. The Morgan fingerprint density at radius 3 is 1.12 bits per heavy atom. The van der Waals surface area contributed by atoms with E-state index < -0.39 is 5.60 Å². The number of aliphatic hydroxyl groups is 1. The molecule has 0 rings (SSSR count). The SMILES string of the molecule is CCCCCCCC/C=C\CCCCCCCC(=O)OCCOCCCC(O)(CCCCN(CCC)CCC)CCCOCCOC(=O)CCCCCCC/C=C\CCCCCCCC. The minimum absolute atomic E-state index is 0.133. The molecule has 0 atom stereocenters. The normalized spacial score (nSPS) is 12.1. The van der Waals surface area contributed by atoms with Crippen LogP contribution in [-0.4, -0.2) is 86.8 Å². The highest BCUT2D eigenvalue weighted by molar-refractivity contribution is 5.69. The monoisotopic (exact) mass is 920 g/mol. The molecule has 0 radical (unpaired) electrons. The minimum atomic E-state index is -0.764. The van der Waals surface area contributed by atoms with E-state index >= 15 is 0 Å². The van der Waals surface area contributed by atoms with Gasteiger partial charge in [-0.1, -0.05) is 155 Å². The molecule has 8 nitrogen and oxygen atoms in total. The highest BCUT2D eigenvalue weighted by Crippen LogP contribution is 2.26. The Balaban J connectivity index is 4.15. The van der Waals surface area contributed by atoms with E-state index in [4.69, 9.17) is 18.9 Å². The van der Waals surface area contributed by atoms with Crippen molar-refractivity contribution < 1.29 is 33.6 Å². The van der Waals surface area contributed by atoms with Gasteiger partial charge in [-0.3, -0.25) is 9.59 Å². The fraction of sp³-hybridized carbons (Fsp3) is 0.895. The van der Waals surface area contributed by atoms with Gasteiger partial charge in [0.05, 0.1) is 18.8 Å². The van der Waals surface area contributed by atoms with Crippen molar-refractivity contribution in [2.24, 2.45) is 0 Å². The predicted molar refractivity (Wildman–Crippen MR) is 277 cm³/mol. The first-order chi connectivity index (χ1) is 31.9. The number of allylic oxidation sites excluding steroid dienone is 4. The van der Waals surface area contributed by atoms with Crippen LogP contribution in [0.2, 0.25) is 0 Å². The van der Waals surface area contributed by atoms with Gasteiger partial charge in [-0.05, 0) is 142 Å². The van der Waals surface area contributed by atoms with Crippen molar-refractivity contribution in [3.63, 3.8) is 0 Å². The lowest BCUT2D eigenvalue weighted by atomic mass is 9.87. The molecule has 0 aliphatic heterocycles. The predicted octanol–water partition coefficient (Wildman–Crippen LogP) is 15.8. The number of unbranched alkanes of at least 4 members (excludes halogenated alkanes) is 23. The smallest absolute Gasteiger partial charge is 0.305 e. The first-order valence-electron chi connectivity index (χ1n) is 28.1. The first kappa shape index (κ1) is 63.3. The average Bonchev–Trinajstić information content (AvgIpc) is 3.30. The number of hydrogen-bond acceptors (Lipinski definition) is 8. The molecule has 0 unspecified atom stereocenters. The highest BCUT2D eigenvalue weighted by atomic mass is 16.6. The molecule has 8 heteroatoms. The van der Waals surface area contributed by atoms with Crippen LogP contribution in [0.1, 0.15) is 265 Å². The third kappa shape index (κ3) is 48.5. The van der Waals surface area contributed by atoms with E-state index in [1.165, 1.54) is 141 Å². The number of nitrogens with zero attached hydrogens (tertiary/aromatic N) is 1. The molecule has 0 saturated heterocycles. The Hall–Kier alpha value is -1.74. The lowest BCUT2D eigenvalue weighted by molar-refractivity contribution is -0.146. The van der Waals surface area contributed by atoms with Crippen molar-refractivity contribution in [1.29, 1.82) is 0 Å². The number of carbonyl (C=O) groups is 2. The van der Waals surface area contributed by atoms with Crippen LogP contribution in [0.3, 0.4) is 0 Å². The van der Waals surface area contributed by atoms with Crippen molar-refractivity contribution in [1.82, 2.24) is 4.90 Å². The molecule has 0 amide bonds. The van der Waals surface area contributed by atoms with Gasteiger partial charge >= 0.3 is 11.9 Å². The quantitative estimate of drug-likeness (QED) is 0.0366. The molecule has 384 valence electrons. The van der Waals surface area contributed by atoms with Gasteiger partial charge in [-0.2, -0.15) is 0 Å². The summed E-state index contributed by atoms with van der Waals surface area (Å²) >= 11 is 0. The van der Waals surface area contributed by atoms with Crippen LogP contribution in [0.15, 0.2) is 24.3 Å². The molecule has 0 saturated carbocycles. The Kier molecular flexibility index (Phi) is 50.3. The van der Waals surface area contributed by atoms with Gasteiger partial charge < -0.3 is 29.0 Å². The molecule has 0 spiro atoms. The van der Waals surface area contributed by atoms with Gasteiger partial charge in [0.2, 0.25) is 0 Å². The zero-order valence-corrected chi connectivity index (χ0v) is 43.7. The van der Waals surface area contributed by atoms with Gasteiger partial charge in [0, 0.05) is 26.1 Å². The molecule has 0 aliphatic rings. The van der Waals surface area contributed by atoms with Crippen LogP contribution in [0, 0.1) is 0 Å². The average molecular weight is 920 g/mol. The standard InChI is InChI=1S/C57H109NO7/c1-5-9-11-13-15-17-19-21-23-25-27-29-31-33-35-41-55(59)64-53-51-62-49-39-44-57(61,43-37-38-48-58(46-7-3)47-8-4)45-40-50-63-52-54-65-56(60)42-36-34-32-30-28-26-24-22-20-18-16-14-12-10-6-2/h21-24,61H,5-20,25-54H2,1-4H3/b23-21-,24-22-. The van der Waals surface area contributed by atoms with Crippen molar-refractivity contribution in [3.05, 3.63) is 24.3 Å². The Labute approximate surface area is 403 Å². The van der Waals surface area contributed by atoms with Crippen molar-refractivity contribution >= 4 is 11.9 Å². The summed E-state index contributed by atoms with van der Waals surface area (Å²) in [6.45, 7) is 14.8. The van der Waals surface area contributed by atoms with Crippen LogP contribution in [0.25, 0.3) is 0 Å². The maximum Gasteiger partial charge on any atom is 0.305 e. The second-order valence-corrected chi connectivity index (χ2v) is 19.1. The van der Waals surface area contributed by atoms with Gasteiger partial charge in [-0.15, -0.1) is 0 Å². The minimum Gasteiger partial charge on any atom is -0.463 e. The van der Waals surface area contributed by atoms with Crippen LogP contribution >= 0.6 is 0 Å². The molecule has 0 heterocycles. The second-order valence-electron chi connectivity index (χ2n) is 19.1. The molecule has 1 N–H and O–H groups in total. The molecule has 0 aliphatic carbocycles. The fourth-order valence-corrected chi connectivity index (χ4v) is 8.60. The molecule has 0 aromatic carbocycles. The maximum atomic E-state index is 12.2. The lowest BCUT2D eigenvalue weighted by Crippen LogP contribution is -2.31. The van der Waals surface area contributed by atoms with E-state index in [1.54, 1.807) is 0 Å². The third-order valence-corrected chi connectivity index (χ3v) is 12.6. The second kappa shape index (κ2) is 51.6. The summed E-state index contributed by atoms with van der Waals surface area (Å²) in [5.74, 6) is -0.266. The van der Waals surface area contributed by atoms with Crippen LogP contribution in [-0.2, 0) is 28.5 Å². The topological polar surface area (TPSA) is 94.5 Å². The Morgan fingerprint density at radius 1 is 0.385 bits per heavy atom. The van der Waals surface area contributed by atoms with E-state index in [9.17, 15) is 14.7 Å². The van der Waals surface area contributed by atoms with Crippen LogP contribution in [0.5, 0.6) is 0 Å². The zero-order chi connectivity index (χ0) is 47.4. The summed E-state index contributed by atoms with van der Waals surface area (Å²) in [4.78, 5) is 27.0. The van der Waals surface area contributed by atoms with Crippen molar-refractivity contribution in [3.8, 4) is 0 Å². The molecular weight excluding hydrogens is 811 g/mol. The number of esters is 2. The highest BCUT2D eigenvalue weighted by Gasteiger charge is 2.25. The third-order valence-electron chi connectivity index (χ3n) is 12.6. The number of hydrogen-bond donors (Lipinski definition) is 1. The Morgan fingerprint density at radius 2 is 0.738 bits per heavy atom. The van der Waals surface area contributed by atoms with Gasteiger partial charge in [-0.25, -0.2) is 0 Å². The molecule has 65 heavy (non-hydrogen) atoms. The van der Waals surface area contributed by atoms with Crippen molar-refractivity contribution in [2.45, 2.75) is 271 Å². The first-order valence-corrected chi connectivity index (χ1v) is 28.1. The summed E-state index contributed by atoms with van der Waals surface area (Å²) in [6.07, 6.45) is 50.7. The fourth-order valence-electron chi connectivity index (χ4n) is 8.60. The number of rotatable bonds is 53. The summed E-state index contributed by atoms with van der Waals surface area (Å²) in [5, 5.41) is 11.7. The molecular formula is C57H109NO7. The van der Waals surface area contributed by atoms with Gasteiger partial charge in [0.1, 0.15) is 13.2 Å². The van der Waals surface area contributed by atoms with Crippen LogP contribution in [0.4, 0.5) is 0 Å². The molecule has 0 bridgehead atoms. The van der Waals surface area contributed by atoms with E-state index in [1.807, 2.05) is 0 Å². The Bertz CT molecular complexity index is 976. The summed E-state index contributed by atoms with van der Waals surface area (Å²) in [5.41, 5.74) is -0.764. The largest absolute Gasteiger partial charge is 0.463 e. The van der Waals surface area contributed by atoms with Crippen LogP contribution < -0.4 is 0 Å². The lowest BCUT2D eigenvalue weighted by Gasteiger charge is -2.29. The summed E-state index contributed by atoms with van der Waals surface area (Å²) < 4.78 is 22.5. The molecule has 0 aromatic rings. The molecule has 0 fully saturated rings. The van der Waals surface area contributed by atoms with Crippen molar-refractivity contribution in [2.75, 3.05) is 59.3 Å². The summed E-state index contributed by atoms with van der Waals surface area (Å²) in [6, 6.07) is 0. The number of ether oxygens (including phenoxy) is 4. The van der Waals surface area contributed by atoms with E-state index in [2.05, 4.69) is 56.9 Å². The number of carbonyl (C=O) groups excluding carboxylic acids is 2. The van der Waals surface area contributed by atoms with E-state index in [-0.39, 0.29) is 25.2 Å². The van der Waals surface area contributed by atoms with Gasteiger partial charge in [0.25, 0.3) is 0 Å². The van der Waals surface area contributed by atoms with Gasteiger partial charge in [0.15, 0.2) is 0 Å². The van der Waals surface area contributed by atoms with E-state index in [0.29, 0.717) is 52.1 Å². The zero-order valence-electron chi connectivity index (χ0n) is 43.7.